The van der Waals surface area contributed by atoms with Crippen molar-refractivity contribution in [1.29, 1.82) is 0 Å². The maximum Gasteiger partial charge on any atom is 0.330 e. The highest BCUT2D eigenvalue weighted by Gasteiger charge is 2.25. The minimum Gasteiger partial charge on any atom is -0.479 e. The molecule has 2 N–H and O–H groups in total. The molecular formula is C19H20N4O3S. The highest BCUT2D eigenvalue weighted by Crippen LogP contribution is 2.28. The average molecular weight is 384 g/mol. The zero-order chi connectivity index (χ0) is 19.7. The van der Waals surface area contributed by atoms with Gasteiger partial charge >= 0.3 is 5.97 Å². The molecule has 1 unspecified atom stereocenters. The number of carbonyl (C=O) groups excluding carboxylic acids is 1. The van der Waals surface area contributed by atoms with E-state index >= 15 is 0 Å². The van der Waals surface area contributed by atoms with Gasteiger partial charge in [-0.05, 0) is 26.3 Å². The number of thiazole rings is 1. The molecule has 8 heteroatoms. The van der Waals surface area contributed by atoms with Crippen molar-refractivity contribution in [1.82, 2.24) is 20.1 Å². The molecular weight excluding hydrogens is 364 g/mol. The van der Waals surface area contributed by atoms with Crippen molar-refractivity contribution in [3.05, 3.63) is 57.9 Å². The van der Waals surface area contributed by atoms with Gasteiger partial charge in [-0.2, -0.15) is 5.10 Å². The van der Waals surface area contributed by atoms with Crippen LogP contribution in [0.25, 0.3) is 10.6 Å². The second-order valence-corrected chi connectivity index (χ2v) is 7.50. The molecule has 0 aliphatic rings. The lowest BCUT2D eigenvalue weighted by Crippen LogP contribution is -2.33. The summed E-state index contributed by atoms with van der Waals surface area (Å²) in [7, 11) is 1.80. The van der Waals surface area contributed by atoms with Gasteiger partial charge in [-0.3, -0.25) is 9.48 Å². The zero-order valence-electron chi connectivity index (χ0n) is 15.5. The second-order valence-electron chi connectivity index (χ2n) is 6.50. The van der Waals surface area contributed by atoms with E-state index in [4.69, 9.17) is 0 Å². The molecule has 3 aromatic rings. The van der Waals surface area contributed by atoms with Crippen molar-refractivity contribution >= 4 is 23.2 Å². The van der Waals surface area contributed by atoms with Crippen LogP contribution >= 0.6 is 11.3 Å². The average Bonchev–Trinajstić information content (AvgIpc) is 3.17. The largest absolute Gasteiger partial charge is 0.479 e. The number of carboxylic acids is 1. The number of hydrogen-bond acceptors (Lipinski definition) is 5. The molecule has 1 aromatic carbocycles. The number of aliphatic carboxylic acids is 1. The molecule has 2 heterocycles. The molecule has 1 amide bonds. The zero-order valence-corrected chi connectivity index (χ0v) is 16.3. The van der Waals surface area contributed by atoms with Crippen molar-refractivity contribution in [2.45, 2.75) is 26.8 Å². The molecule has 140 valence electrons. The minimum absolute atomic E-state index is 0.393. The fourth-order valence-electron chi connectivity index (χ4n) is 2.92. The molecule has 7 nitrogen and oxygen atoms in total. The number of benzene rings is 1. The summed E-state index contributed by atoms with van der Waals surface area (Å²) in [6.07, 6.45) is 3.49. The SMILES string of the molecule is Cc1cc(C)cc(C(NC(=O)c2sc(-c3cnn(C)c3)nc2C)C(=O)O)c1. The minimum atomic E-state index is -1.13. The molecule has 0 saturated carbocycles. The second kappa shape index (κ2) is 7.32. The Bertz CT molecular complexity index is 1000. The number of amides is 1. The summed E-state index contributed by atoms with van der Waals surface area (Å²) >= 11 is 1.22. The van der Waals surface area contributed by atoms with Crippen LogP contribution in [0.1, 0.15) is 38.1 Å². The van der Waals surface area contributed by atoms with Gasteiger partial charge in [0.1, 0.15) is 9.88 Å². The number of hydrogen-bond donors (Lipinski definition) is 2. The first kappa shape index (κ1) is 18.8. The molecule has 0 aliphatic carbocycles. The van der Waals surface area contributed by atoms with E-state index in [0.717, 1.165) is 16.7 Å². The lowest BCUT2D eigenvalue weighted by Gasteiger charge is -2.16. The van der Waals surface area contributed by atoms with E-state index in [1.54, 1.807) is 37.0 Å². The van der Waals surface area contributed by atoms with Crippen LogP contribution < -0.4 is 5.32 Å². The molecule has 0 radical (unpaired) electrons. The van der Waals surface area contributed by atoms with Gasteiger partial charge in [0.05, 0.1) is 11.9 Å². The third-order valence-electron chi connectivity index (χ3n) is 4.05. The van der Waals surface area contributed by atoms with E-state index in [0.29, 0.717) is 21.1 Å². The molecule has 1 atom stereocenters. The Balaban J connectivity index is 1.88. The topological polar surface area (TPSA) is 97.1 Å². The number of carboxylic acid groups (broad SMARTS) is 1. The van der Waals surface area contributed by atoms with Crippen LogP contribution in [0.15, 0.2) is 30.6 Å². The van der Waals surface area contributed by atoms with E-state index in [1.165, 1.54) is 11.3 Å². The first-order chi connectivity index (χ1) is 12.7. The molecule has 0 spiro atoms. The van der Waals surface area contributed by atoms with E-state index in [2.05, 4.69) is 15.4 Å². The highest BCUT2D eigenvalue weighted by molar-refractivity contribution is 7.17. The molecule has 2 aromatic heterocycles. The Kier molecular flexibility index (Phi) is 5.09. The standard InChI is InChI=1S/C19H20N4O3S/c1-10-5-11(2)7-13(6-10)15(19(25)26)22-17(24)16-12(3)21-18(27-16)14-8-20-23(4)9-14/h5-9,15H,1-4H3,(H,22,24)(H,25,26). The number of nitrogens with zero attached hydrogens (tertiary/aromatic N) is 3. The summed E-state index contributed by atoms with van der Waals surface area (Å²) in [5.41, 5.74) is 3.80. The third kappa shape index (κ3) is 4.06. The van der Waals surface area contributed by atoms with Gasteiger partial charge < -0.3 is 10.4 Å². The van der Waals surface area contributed by atoms with E-state index in [1.807, 2.05) is 26.1 Å². The van der Waals surface area contributed by atoms with Gasteiger partial charge in [-0.25, -0.2) is 9.78 Å². The predicted octanol–water partition coefficient (Wildman–Crippen LogP) is 3.02. The van der Waals surface area contributed by atoms with E-state index < -0.39 is 17.9 Å². The normalized spacial score (nSPS) is 12.0. The molecule has 0 aliphatic heterocycles. The number of rotatable bonds is 5. The van der Waals surface area contributed by atoms with E-state index in [9.17, 15) is 14.7 Å². The van der Waals surface area contributed by atoms with Crippen molar-refractivity contribution < 1.29 is 14.7 Å². The van der Waals surface area contributed by atoms with Crippen molar-refractivity contribution in [3.63, 3.8) is 0 Å². The maximum atomic E-state index is 12.7. The van der Waals surface area contributed by atoms with Crippen LogP contribution in [-0.4, -0.2) is 31.7 Å². The Hall–Kier alpha value is -3.00. The van der Waals surface area contributed by atoms with Crippen molar-refractivity contribution in [3.8, 4) is 10.6 Å². The monoisotopic (exact) mass is 384 g/mol. The lowest BCUT2D eigenvalue weighted by molar-refractivity contribution is -0.139. The Morgan fingerprint density at radius 2 is 1.85 bits per heavy atom. The summed E-state index contributed by atoms with van der Waals surface area (Å²) in [4.78, 5) is 29.3. The maximum absolute atomic E-state index is 12.7. The molecule has 0 fully saturated rings. The summed E-state index contributed by atoms with van der Waals surface area (Å²) < 4.78 is 1.66. The molecule has 27 heavy (non-hydrogen) atoms. The Morgan fingerprint density at radius 3 is 2.41 bits per heavy atom. The van der Waals surface area contributed by atoms with Crippen LogP contribution in [0.4, 0.5) is 0 Å². The van der Waals surface area contributed by atoms with Crippen LogP contribution in [0.3, 0.4) is 0 Å². The fourth-order valence-corrected chi connectivity index (χ4v) is 3.87. The van der Waals surface area contributed by atoms with Crippen LogP contribution in [0, 0.1) is 20.8 Å². The summed E-state index contributed by atoms with van der Waals surface area (Å²) in [5, 5.41) is 17.0. The van der Waals surface area contributed by atoms with Gasteiger partial charge in [0.15, 0.2) is 6.04 Å². The Labute approximate surface area is 160 Å². The van der Waals surface area contributed by atoms with Crippen LogP contribution in [0.5, 0.6) is 0 Å². The first-order valence-corrected chi connectivity index (χ1v) is 9.14. The molecule has 3 rings (SSSR count). The summed E-state index contributed by atoms with van der Waals surface area (Å²) in [5.74, 6) is -1.56. The Morgan fingerprint density at radius 1 is 1.19 bits per heavy atom. The predicted molar refractivity (Wildman–Crippen MR) is 103 cm³/mol. The lowest BCUT2D eigenvalue weighted by atomic mass is 10.0. The van der Waals surface area contributed by atoms with Gasteiger partial charge in [-0.15, -0.1) is 11.3 Å². The first-order valence-electron chi connectivity index (χ1n) is 8.33. The van der Waals surface area contributed by atoms with E-state index in [-0.39, 0.29) is 0 Å². The van der Waals surface area contributed by atoms with Gasteiger partial charge in [0.25, 0.3) is 5.91 Å². The van der Waals surface area contributed by atoms with Gasteiger partial charge in [0, 0.05) is 18.8 Å². The summed E-state index contributed by atoms with van der Waals surface area (Å²) in [6.45, 7) is 5.52. The van der Waals surface area contributed by atoms with Gasteiger partial charge in [0.2, 0.25) is 0 Å². The van der Waals surface area contributed by atoms with Crippen LogP contribution in [0.2, 0.25) is 0 Å². The van der Waals surface area contributed by atoms with Crippen molar-refractivity contribution in [2.24, 2.45) is 7.05 Å². The number of carbonyl (C=O) groups is 2. The number of aromatic nitrogens is 3. The smallest absolute Gasteiger partial charge is 0.330 e. The number of nitrogens with one attached hydrogen (secondary N) is 1. The van der Waals surface area contributed by atoms with Gasteiger partial charge in [-0.1, -0.05) is 29.3 Å². The number of aryl methyl sites for hydroxylation is 4. The quantitative estimate of drug-likeness (QED) is 0.705. The summed E-state index contributed by atoms with van der Waals surface area (Å²) in [6, 6.07) is 4.37. The fraction of sp³-hybridized carbons (Fsp3) is 0.263. The van der Waals surface area contributed by atoms with Crippen molar-refractivity contribution in [2.75, 3.05) is 0 Å². The molecule has 0 bridgehead atoms. The van der Waals surface area contributed by atoms with Crippen LogP contribution in [-0.2, 0) is 11.8 Å². The third-order valence-corrected chi connectivity index (χ3v) is 5.26. The molecule has 0 saturated heterocycles. The highest BCUT2D eigenvalue weighted by atomic mass is 32.1.